The molecule has 0 saturated carbocycles. The molecule has 2 nitrogen and oxygen atoms in total. The minimum absolute atomic E-state index is 0. The molecule has 0 amide bonds. The lowest BCUT2D eigenvalue weighted by Gasteiger charge is -2.17. The predicted octanol–water partition coefficient (Wildman–Crippen LogP) is 0.119. The molecule has 3 heteroatoms. The molecule has 0 aromatic rings. The van der Waals surface area contributed by atoms with Crippen molar-refractivity contribution in [3.05, 3.63) is 0 Å². The van der Waals surface area contributed by atoms with E-state index >= 15 is 0 Å². The van der Waals surface area contributed by atoms with Crippen LogP contribution in [0.4, 0.5) is 0 Å². The standard InChI is InChI=1S/C5H12N2.ClH/c6-5-2-1-3-7-4-5;/h5,7H,1-4,6H2;1H. The molecule has 0 bridgehead atoms. The fraction of sp³-hybridized carbons (Fsp3) is 1.00. The third-order valence-corrected chi connectivity index (χ3v) is 1.33. The summed E-state index contributed by atoms with van der Waals surface area (Å²) in [6, 6.07) is 0.425. The summed E-state index contributed by atoms with van der Waals surface area (Å²) >= 11 is 0. The maximum Gasteiger partial charge on any atom is 0.0165 e. The predicted molar refractivity (Wildman–Crippen MR) is 37.3 cm³/mol. The van der Waals surface area contributed by atoms with Gasteiger partial charge < -0.3 is 11.1 Å². The van der Waals surface area contributed by atoms with Crippen LogP contribution in [0.5, 0.6) is 0 Å². The highest BCUT2D eigenvalue weighted by molar-refractivity contribution is 5.85. The summed E-state index contributed by atoms with van der Waals surface area (Å²) in [5.74, 6) is 0. The van der Waals surface area contributed by atoms with Crippen molar-refractivity contribution in [3.8, 4) is 0 Å². The molecular weight excluding hydrogens is 124 g/mol. The van der Waals surface area contributed by atoms with Gasteiger partial charge in [-0.25, -0.2) is 0 Å². The van der Waals surface area contributed by atoms with Gasteiger partial charge in [-0.1, -0.05) is 0 Å². The van der Waals surface area contributed by atoms with Crippen LogP contribution in [0, 0.1) is 0 Å². The largest absolute Gasteiger partial charge is 0.327 e. The van der Waals surface area contributed by atoms with Crippen LogP contribution in [-0.2, 0) is 0 Å². The zero-order valence-electron chi connectivity index (χ0n) is 4.89. The van der Waals surface area contributed by atoms with Crippen LogP contribution in [0.15, 0.2) is 0 Å². The first-order valence-corrected chi connectivity index (χ1v) is 2.86. The van der Waals surface area contributed by atoms with Gasteiger partial charge in [-0.2, -0.15) is 0 Å². The molecule has 1 fully saturated rings. The molecule has 1 aliphatic heterocycles. The van der Waals surface area contributed by atoms with E-state index in [-0.39, 0.29) is 12.4 Å². The topological polar surface area (TPSA) is 38.0 Å². The van der Waals surface area contributed by atoms with Gasteiger partial charge >= 0.3 is 0 Å². The second-order valence-electron chi connectivity index (χ2n) is 2.11. The van der Waals surface area contributed by atoms with Crippen molar-refractivity contribution in [2.75, 3.05) is 13.1 Å². The highest BCUT2D eigenvalue weighted by Crippen LogP contribution is 1.96. The normalized spacial score (nSPS) is 28.9. The van der Waals surface area contributed by atoms with Crippen molar-refractivity contribution in [2.45, 2.75) is 18.9 Å². The molecule has 0 aromatic heterocycles. The number of hydrogen-bond donors (Lipinski definition) is 2. The number of piperidine rings is 1. The Kier molecular flexibility index (Phi) is 4.23. The van der Waals surface area contributed by atoms with Crippen LogP contribution < -0.4 is 11.1 Å². The van der Waals surface area contributed by atoms with Crippen molar-refractivity contribution in [3.63, 3.8) is 0 Å². The van der Waals surface area contributed by atoms with Gasteiger partial charge in [0.25, 0.3) is 0 Å². The molecule has 50 valence electrons. The lowest BCUT2D eigenvalue weighted by atomic mass is 10.1. The third-order valence-electron chi connectivity index (χ3n) is 1.33. The Hall–Kier alpha value is 0.210. The van der Waals surface area contributed by atoms with Gasteiger partial charge in [-0.3, -0.25) is 0 Å². The van der Waals surface area contributed by atoms with Crippen LogP contribution in [0.1, 0.15) is 12.8 Å². The van der Waals surface area contributed by atoms with Gasteiger partial charge in [0.15, 0.2) is 0 Å². The van der Waals surface area contributed by atoms with E-state index in [1.807, 2.05) is 0 Å². The Morgan fingerprint density at radius 3 is 2.50 bits per heavy atom. The van der Waals surface area contributed by atoms with E-state index < -0.39 is 0 Å². The highest BCUT2D eigenvalue weighted by Gasteiger charge is 2.05. The summed E-state index contributed by atoms with van der Waals surface area (Å²) < 4.78 is 0. The maximum atomic E-state index is 5.57. The molecular formula is C5H13ClN2. The van der Waals surface area contributed by atoms with Gasteiger partial charge in [0.05, 0.1) is 0 Å². The number of hydrogen-bond acceptors (Lipinski definition) is 2. The third kappa shape index (κ3) is 2.50. The maximum absolute atomic E-state index is 5.57. The molecule has 0 radical (unpaired) electrons. The van der Waals surface area contributed by atoms with E-state index in [0.29, 0.717) is 6.04 Å². The lowest BCUT2D eigenvalue weighted by molar-refractivity contribution is 0.459. The summed E-state index contributed by atoms with van der Waals surface area (Å²) in [5, 5.41) is 3.21. The molecule has 8 heavy (non-hydrogen) atoms. The average molecular weight is 137 g/mol. The molecule has 3 N–H and O–H groups in total. The van der Waals surface area contributed by atoms with Gasteiger partial charge in [-0.05, 0) is 19.4 Å². The summed E-state index contributed by atoms with van der Waals surface area (Å²) in [4.78, 5) is 0. The zero-order chi connectivity index (χ0) is 5.11. The minimum atomic E-state index is 0. The van der Waals surface area contributed by atoms with Crippen molar-refractivity contribution < 1.29 is 0 Å². The van der Waals surface area contributed by atoms with Crippen LogP contribution >= 0.6 is 12.4 Å². The molecule has 1 heterocycles. The summed E-state index contributed by atoms with van der Waals surface area (Å²) in [5.41, 5.74) is 5.57. The second-order valence-corrected chi connectivity index (χ2v) is 2.11. The van der Waals surface area contributed by atoms with Crippen molar-refractivity contribution in [2.24, 2.45) is 5.73 Å². The number of nitrogens with two attached hydrogens (primary N) is 1. The molecule has 0 aliphatic carbocycles. The summed E-state index contributed by atoms with van der Waals surface area (Å²) in [6.07, 6.45) is 2.45. The van der Waals surface area contributed by atoms with Crippen molar-refractivity contribution in [1.29, 1.82) is 0 Å². The monoisotopic (exact) mass is 136 g/mol. The average Bonchev–Trinajstić information content (AvgIpc) is 1.69. The lowest BCUT2D eigenvalue weighted by Crippen LogP contribution is -2.39. The molecule has 1 saturated heterocycles. The van der Waals surface area contributed by atoms with E-state index in [1.54, 1.807) is 0 Å². The number of halogens is 1. The van der Waals surface area contributed by atoms with Gasteiger partial charge in [0.2, 0.25) is 0 Å². The molecule has 0 aromatic carbocycles. The van der Waals surface area contributed by atoms with E-state index in [1.165, 1.54) is 12.8 Å². The minimum Gasteiger partial charge on any atom is -0.327 e. The Morgan fingerprint density at radius 1 is 1.50 bits per heavy atom. The fourth-order valence-corrected chi connectivity index (χ4v) is 0.879. The molecule has 1 atom stereocenters. The Bertz CT molecular complexity index is 52.4. The Morgan fingerprint density at radius 2 is 2.25 bits per heavy atom. The van der Waals surface area contributed by atoms with Gasteiger partial charge in [-0.15, -0.1) is 12.4 Å². The molecule has 1 unspecified atom stereocenters. The first-order chi connectivity index (χ1) is 3.39. The van der Waals surface area contributed by atoms with E-state index in [4.69, 9.17) is 5.73 Å². The zero-order valence-corrected chi connectivity index (χ0v) is 5.71. The SMILES string of the molecule is Cl.NC1CCCNC1. The number of rotatable bonds is 0. The highest BCUT2D eigenvalue weighted by atomic mass is 35.5. The van der Waals surface area contributed by atoms with Gasteiger partial charge in [0.1, 0.15) is 0 Å². The van der Waals surface area contributed by atoms with Crippen LogP contribution in [0.25, 0.3) is 0 Å². The molecule has 1 rings (SSSR count). The van der Waals surface area contributed by atoms with Crippen LogP contribution in [0.3, 0.4) is 0 Å². The quantitative estimate of drug-likeness (QED) is 0.497. The molecule has 1 aliphatic rings. The molecule has 0 spiro atoms. The number of nitrogens with one attached hydrogen (secondary N) is 1. The first kappa shape index (κ1) is 8.21. The fourth-order valence-electron chi connectivity index (χ4n) is 0.879. The second kappa shape index (κ2) is 4.13. The Labute approximate surface area is 56.2 Å². The Balaban J connectivity index is 0.000000490. The summed E-state index contributed by atoms with van der Waals surface area (Å²) in [6.45, 7) is 2.17. The van der Waals surface area contributed by atoms with Crippen molar-refractivity contribution in [1.82, 2.24) is 5.32 Å². The van der Waals surface area contributed by atoms with E-state index in [2.05, 4.69) is 5.32 Å². The summed E-state index contributed by atoms with van der Waals surface area (Å²) in [7, 11) is 0. The van der Waals surface area contributed by atoms with Crippen LogP contribution in [-0.4, -0.2) is 19.1 Å². The van der Waals surface area contributed by atoms with Crippen LogP contribution in [0.2, 0.25) is 0 Å². The smallest absolute Gasteiger partial charge is 0.0165 e. The van der Waals surface area contributed by atoms with Gasteiger partial charge in [0, 0.05) is 12.6 Å². The van der Waals surface area contributed by atoms with E-state index in [9.17, 15) is 0 Å². The van der Waals surface area contributed by atoms with E-state index in [0.717, 1.165) is 13.1 Å². The first-order valence-electron chi connectivity index (χ1n) is 2.86. The van der Waals surface area contributed by atoms with Crippen molar-refractivity contribution >= 4 is 12.4 Å².